The Labute approximate surface area is 218 Å². The summed E-state index contributed by atoms with van der Waals surface area (Å²) in [6.07, 6.45) is 8.18. The molecule has 4 aromatic rings. The second-order valence-corrected chi connectivity index (χ2v) is 8.90. The molecule has 0 unspecified atom stereocenters. The van der Waals surface area contributed by atoms with Gasteiger partial charge >= 0.3 is 31.9 Å². The Bertz CT molecular complexity index is 1160. The molecule has 4 rings (SSSR count). The standard InChI is InChI=1S/C10H10N6O3S.C10H14.BF4.Ru/c17-20(18,19)10(14-7-1-4-11-14,15-8-2-5-12-15)16-9-3-6-13-16;1-8(2)10-6-4-9(3)5-7-10;2-1(3,4)5;/h1-9H,(H,17,18,19);4-8H,1-3H3;;/q;;-1;+2/p-1. The van der Waals surface area contributed by atoms with Crippen molar-refractivity contribution >= 4 is 17.4 Å². The first-order valence-electron chi connectivity index (χ1n) is 10.2. The van der Waals surface area contributed by atoms with Crippen LogP contribution in [0.1, 0.15) is 30.9 Å². The van der Waals surface area contributed by atoms with Gasteiger partial charge in [-0.05, 0) is 36.6 Å². The van der Waals surface area contributed by atoms with E-state index in [2.05, 4.69) is 60.3 Å². The molecule has 0 spiro atoms. The number of aromatic nitrogens is 6. The maximum atomic E-state index is 12.0. The molecule has 0 N–H and O–H groups in total. The summed E-state index contributed by atoms with van der Waals surface area (Å²) in [5.41, 5.74) is 2.76. The number of hydrogen-bond acceptors (Lipinski definition) is 6. The first-order valence-corrected chi connectivity index (χ1v) is 11.6. The molecule has 9 nitrogen and oxygen atoms in total. The van der Waals surface area contributed by atoms with E-state index >= 15 is 0 Å². The van der Waals surface area contributed by atoms with E-state index in [1.807, 2.05) is 0 Å². The van der Waals surface area contributed by atoms with E-state index in [4.69, 9.17) is 0 Å². The third-order valence-electron chi connectivity index (χ3n) is 4.49. The van der Waals surface area contributed by atoms with Crippen molar-refractivity contribution in [2.24, 2.45) is 0 Å². The van der Waals surface area contributed by atoms with Crippen LogP contribution in [0.2, 0.25) is 0 Å². The largest absolute Gasteiger partial charge is 2.00 e. The molecule has 0 aliphatic rings. The van der Waals surface area contributed by atoms with Gasteiger partial charge in [-0.2, -0.15) is 15.3 Å². The molecule has 0 atom stereocenters. The van der Waals surface area contributed by atoms with Crippen LogP contribution in [0.3, 0.4) is 0 Å². The topological polar surface area (TPSA) is 111 Å². The Kier molecular flexibility index (Phi) is 11.2. The van der Waals surface area contributed by atoms with Crippen LogP contribution in [-0.2, 0) is 34.7 Å². The van der Waals surface area contributed by atoms with Gasteiger partial charge in [-0.15, -0.1) is 0 Å². The average Bonchev–Trinajstić information content (AvgIpc) is 3.52. The number of benzene rings is 1. The number of nitrogens with zero attached hydrogens (tertiary/aromatic N) is 6. The van der Waals surface area contributed by atoms with E-state index < -0.39 is 22.5 Å². The summed E-state index contributed by atoms with van der Waals surface area (Å²) in [4.78, 5) is 0. The minimum atomic E-state index is -6.00. The van der Waals surface area contributed by atoms with E-state index in [1.54, 1.807) is 0 Å². The fourth-order valence-corrected chi connectivity index (χ4v) is 3.94. The average molecular weight is 615 g/mol. The molecule has 196 valence electrons. The number of halogens is 4. The summed E-state index contributed by atoms with van der Waals surface area (Å²) in [6.45, 7) is 6.54. The van der Waals surface area contributed by atoms with Crippen LogP contribution in [0.5, 0.6) is 0 Å². The van der Waals surface area contributed by atoms with Gasteiger partial charge < -0.3 is 21.8 Å². The molecule has 36 heavy (non-hydrogen) atoms. The number of hydrogen-bond donors (Lipinski definition) is 0. The van der Waals surface area contributed by atoms with E-state index in [0.29, 0.717) is 5.92 Å². The Morgan fingerprint density at radius 3 is 1.39 bits per heavy atom. The summed E-state index contributed by atoms with van der Waals surface area (Å²) in [7, 11) is -10.9. The molecule has 3 heterocycles. The van der Waals surface area contributed by atoms with Crippen LogP contribution < -0.4 is 0 Å². The fourth-order valence-electron chi connectivity index (χ4n) is 2.93. The van der Waals surface area contributed by atoms with Crippen LogP contribution in [0, 0.1) is 6.92 Å². The van der Waals surface area contributed by atoms with Crippen molar-refractivity contribution in [1.29, 1.82) is 0 Å². The summed E-state index contributed by atoms with van der Waals surface area (Å²) in [6, 6.07) is 13.2. The van der Waals surface area contributed by atoms with Gasteiger partial charge in [0.05, 0.1) is 0 Å². The van der Waals surface area contributed by atoms with Gasteiger partial charge in [0.15, 0.2) is 10.1 Å². The summed E-state index contributed by atoms with van der Waals surface area (Å²) in [5, 5.41) is 9.39. The zero-order valence-corrected chi connectivity index (χ0v) is 21.9. The van der Waals surface area contributed by atoms with Gasteiger partial charge in [-0.25, -0.2) is 22.5 Å². The maximum Gasteiger partial charge on any atom is 2.00 e. The van der Waals surface area contributed by atoms with Gasteiger partial charge in [-0.1, -0.05) is 43.7 Å². The summed E-state index contributed by atoms with van der Waals surface area (Å²) < 4.78 is 78.0. The van der Waals surface area contributed by atoms with Crippen LogP contribution >= 0.6 is 0 Å². The van der Waals surface area contributed by atoms with Gasteiger partial charge in [0.1, 0.15) is 0 Å². The molecule has 0 amide bonds. The van der Waals surface area contributed by atoms with E-state index in [9.17, 15) is 30.2 Å². The zero-order chi connectivity index (χ0) is 26.3. The molecular weight excluding hydrogens is 592 g/mol. The molecule has 0 radical (unpaired) electrons. The van der Waals surface area contributed by atoms with Crippen LogP contribution in [0.15, 0.2) is 79.6 Å². The van der Waals surface area contributed by atoms with Crippen molar-refractivity contribution in [3.63, 3.8) is 0 Å². The monoisotopic (exact) mass is 616 g/mol. The molecule has 3 aromatic heterocycles. The first kappa shape index (κ1) is 31.2. The first-order chi connectivity index (χ1) is 16.3. The molecule has 0 saturated carbocycles. The van der Waals surface area contributed by atoms with Gasteiger partial charge in [0.25, 0.3) is 0 Å². The van der Waals surface area contributed by atoms with E-state index in [0.717, 1.165) is 14.0 Å². The third-order valence-corrected chi connectivity index (χ3v) is 5.72. The van der Waals surface area contributed by atoms with Crippen LogP contribution in [-0.4, -0.2) is 49.6 Å². The molecule has 1 aromatic carbocycles. The minimum absolute atomic E-state index is 0. The SMILES string of the molecule is Cc1ccc(C(C)C)cc1.F[B-](F)(F)F.O=S(=O)([O-])C(n1cccn1)(n1cccn1)n1cccn1.[Ru+2]. The second kappa shape index (κ2) is 12.9. The van der Waals surface area contributed by atoms with Gasteiger partial charge in [-0.3, -0.25) is 0 Å². The third kappa shape index (κ3) is 8.10. The Balaban J connectivity index is 0.000000340. The number of aryl methyl sites for hydroxylation is 1. The zero-order valence-electron chi connectivity index (χ0n) is 19.3. The molecule has 0 aliphatic carbocycles. The predicted octanol–water partition coefficient (Wildman–Crippen LogP) is 3.90. The molecule has 0 fully saturated rings. The van der Waals surface area contributed by atoms with E-state index in [-0.39, 0.29) is 19.5 Å². The quantitative estimate of drug-likeness (QED) is 0.191. The predicted molar refractivity (Wildman–Crippen MR) is 121 cm³/mol. The minimum Gasteiger partial charge on any atom is -0.743 e. The summed E-state index contributed by atoms with van der Waals surface area (Å²) >= 11 is 0. The second-order valence-electron chi connectivity index (χ2n) is 7.44. The smallest absolute Gasteiger partial charge is 0.743 e. The summed E-state index contributed by atoms with van der Waals surface area (Å²) in [5.74, 6) is 0.653. The molecular formula is C20H23BF4N6O3RuS. The number of rotatable bonds is 5. The van der Waals surface area contributed by atoms with E-state index in [1.165, 1.54) is 66.5 Å². The molecule has 0 bridgehead atoms. The van der Waals surface area contributed by atoms with Crippen molar-refractivity contribution in [1.82, 2.24) is 29.3 Å². The molecule has 0 aliphatic heterocycles. The molecule has 16 heteroatoms. The Morgan fingerprint density at radius 1 is 0.833 bits per heavy atom. The van der Waals surface area contributed by atoms with Crippen molar-refractivity contribution < 1.29 is 49.7 Å². The molecule has 0 saturated heterocycles. The normalized spacial score (nSPS) is 11.6. The van der Waals surface area contributed by atoms with Crippen molar-refractivity contribution in [2.45, 2.75) is 31.8 Å². The van der Waals surface area contributed by atoms with Gasteiger partial charge in [0.2, 0.25) is 0 Å². The Morgan fingerprint density at radius 2 is 1.17 bits per heavy atom. The van der Waals surface area contributed by atoms with Crippen LogP contribution in [0.4, 0.5) is 17.3 Å². The Hall–Kier alpha value is -2.83. The maximum absolute atomic E-state index is 12.0. The van der Waals surface area contributed by atoms with Gasteiger partial charge in [0, 0.05) is 37.2 Å². The van der Waals surface area contributed by atoms with Crippen LogP contribution in [0.25, 0.3) is 0 Å². The fraction of sp³-hybridized carbons (Fsp3) is 0.250. The van der Waals surface area contributed by atoms with Crippen molar-refractivity contribution in [3.05, 3.63) is 90.8 Å². The van der Waals surface area contributed by atoms with Crippen molar-refractivity contribution in [3.8, 4) is 0 Å². The van der Waals surface area contributed by atoms with Crippen molar-refractivity contribution in [2.75, 3.05) is 0 Å².